The van der Waals surface area contributed by atoms with E-state index in [2.05, 4.69) is 36.1 Å². The highest BCUT2D eigenvalue weighted by molar-refractivity contribution is 5.23. The standard InChI is InChI=1S/C17H23N3O/c1-12-8-10-17(18,11-9-12)16-19-15(21-20-16)13(2)14-6-4-3-5-7-14/h3-7,12-13H,8-11,18H2,1-2H3. The van der Waals surface area contributed by atoms with Crippen LogP contribution in [-0.4, -0.2) is 10.1 Å². The van der Waals surface area contributed by atoms with Gasteiger partial charge in [0.05, 0.1) is 11.5 Å². The Balaban J connectivity index is 1.80. The van der Waals surface area contributed by atoms with Crippen molar-refractivity contribution in [1.29, 1.82) is 0 Å². The van der Waals surface area contributed by atoms with Crippen molar-refractivity contribution in [3.63, 3.8) is 0 Å². The highest BCUT2D eigenvalue weighted by Gasteiger charge is 2.36. The normalized spacial score (nSPS) is 27.5. The van der Waals surface area contributed by atoms with Crippen LogP contribution in [0.15, 0.2) is 34.9 Å². The number of nitrogens with two attached hydrogens (primary N) is 1. The number of nitrogens with zero attached hydrogens (tertiary/aromatic N) is 2. The molecule has 112 valence electrons. The molecule has 1 heterocycles. The molecule has 2 aromatic rings. The molecule has 0 radical (unpaired) electrons. The lowest BCUT2D eigenvalue weighted by molar-refractivity contribution is 0.229. The largest absolute Gasteiger partial charge is 0.339 e. The smallest absolute Gasteiger partial charge is 0.233 e. The Morgan fingerprint density at radius 1 is 1.24 bits per heavy atom. The Hall–Kier alpha value is -1.68. The van der Waals surface area contributed by atoms with Gasteiger partial charge in [0.2, 0.25) is 5.89 Å². The van der Waals surface area contributed by atoms with E-state index in [9.17, 15) is 0 Å². The van der Waals surface area contributed by atoms with Gasteiger partial charge in [-0.05, 0) is 44.1 Å². The van der Waals surface area contributed by atoms with Crippen molar-refractivity contribution in [2.45, 2.75) is 51.0 Å². The quantitative estimate of drug-likeness (QED) is 0.936. The van der Waals surface area contributed by atoms with E-state index in [0.717, 1.165) is 31.6 Å². The summed E-state index contributed by atoms with van der Waals surface area (Å²) in [6.45, 7) is 4.36. The van der Waals surface area contributed by atoms with Crippen LogP contribution >= 0.6 is 0 Å². The third-order valence-electron chi connectivity index (χ3n) is 4.72. The van der Waals surface area contributed by atoms with Gasteiger partial charge in [0.25, 0.3) is 0 Å². The number of hydrogen-bond donors (Lipinski definition) is 1. The van der Waals surface area contributed by atoms with Crippen LogP contribution < -0.4 is 5.73 Å². The molecule has 1 unspecified atom stereocenters. The molecule has 2 N–H and O–H groups in total. The first-order chi connectivity index (χ1) is 10.1. The van der Waals surface area contributed by atoms with Crippen molar-refractivity contribution in [2.75, 3.05) is 0 Å². The van der Waals surface area contributed by atoms with Gasteiger partial charge < -0.3 is 10.3 Å². The Kier molecular flexibility index (Phi) is 3.81. The fourth-order valence-electron chi connectivity index (χ4n) is 3.00. The van der Waals surface area contributed by atoms with Gasteiger partial charge in [-0.2, -0.15) is 4.98 Å². The van der Waals surface area contributed by atoms with Crippen molar-refractivity contribution < 1.29 is 4.52 Å². The Morgan fingerprint density at radius 3 is 2.57 bits per heavy atom. The molecule has 1 saturated carbocycles. The van der Waals surface area contributed by atoms with E-state index in [4.69, 9.17) is 10.3 Å². The molecular formula is C17H23N3O. The molecule has 0 aliphatic heterocycles. The van der Waals surface area contributed by atoms with Crippen LogP contribution in [0, 0.1) is 5.92 Å². The summed E-state index contributed by atoms with van der Waals surface area (Å²) < 4.78 is 5.49. The Morgan fingerprint density at radius 2 is 1.90 bits per heavy atom. The fourth-order valence-corrected chi connectivity index (χ4v) is 3.00. The summed E-state index contributed by atoms with van der Waals surface area (Å²) in [4.78, 5) is 4.60. The summed E-state index contributed by atoms with van der Waals surface area (Å²) >= 11 is 0. The van der Waals surface area contributed by atoms with Gasteiger partial charge in [0, 0.05) is 0 Å². The van der Waals surface area contributed by atoms with E-state index < -0.39 is 5.54 Å². The first kappa shape index (κ1) is 14.3. The molecule has 4 heteroatoms. The minimum Gasteiger partial charge on any atom is -0.339 e. The molecule has 21 heavy (non-hydrogen) atoms. The second-order valence-corrected chi connectivity index (χ2v) is 6.43. The summed E-state index contributed by atoms with van der Waals surface area (Å²) in [5.74, 6) is 2.17. The molecule has 1 aliphatic rings. The fraction of sp³-hybridized carbons (Fsp3) is 0.529. The van der Waals surface area contributed by atoms with Gasteiger partial charge in [-0.25, -0.2) is 0 Å². The minimum atomic E-state index is -0.412. The minimum absolute atomic E-state index is 0.0959. The molecule has 0 amide bonds. The van der Waals surface area contributed by atoms with Crippen LogP contribution in [0.3, 0.4) is 0 Å². The molecule has 1 aromatic carbocycles. The SMILES string of the molecule is CC1CCC(N)(c2noc(C(C)c3ccccc3)n2)CC1. The topological polar surface area (TPSA) is 64.9 Å². The van der Waals surface area contributed by atoms with E-state index in [-0.39, 0.29) is 5.92 Å². The summed E-state index contributed by atoms with van der Waals surface area (Å²) in [6, 6.07) is 10.2. The zero-order chi connectivity index (χ0) is 14.9. The monoisotopic (exact) mass is 285 g/mol. The molecule has 1 atom stereocenters. The third-order valence-corrected chi connectivity index (χ3v) is 4.72. The first-order valence-corrected chi connectivity index (χ1v) is 7.76. The average Bonchev–Trinajstić information content (AvgIpc) is 3.01. The first-order valence-electron chi connectivity index (χ1n) is 7.76. The summed E-state index contributed by atoms with van der Waals surface area (Å²) in [7, 11) is 0. The van der Waals surface area contributed by atoms with E-state index >= 15 is 0 Å². The average molecular weight is 285 g/mol. The molecule has 4 nitrogen and oxygen atoms in total. The molecule has 3 rings (SSSR count). The van der Waals surface area contributed by atoms with E-state index in [1.165, 1.54) is 5.56 Å². The van der Waals surface area contributed by atoms with Crippen molar-refractivity contribution in [3.8, 4) is 0 Å². The van der Waals surface area contributed by atoms with Crippen molar-refractivity contribution in [3.05, 3.63) is 47.6 Å². The van der Waals surface area contributed by atoms with E-state index in [1.54, 1.807) is 0 Å². The summed E-state index contributed by atoms with van der Waals surface area (Å²) in [5, 5.41) is 4.17. The van der Waals surface area contributed by atoms with Crippen molar-refractivity contribution in [1.82, 2.24) is 10.1 Å². The summed E-state index contributed by atoms with van der Waals surface area (Å²) in [5.41, 5.74) is 7.27. The molecule has 0 saturated heterocycles. The van der Waals surface area contributed by atoms with E-state index in [1.807, 2.05) is 18.2 Å². The lowest BCUT2D eigenvalue weighted by Gasteiger charge is -2.33. The van der Waals surface area contributed by atoms with Gasteiger partial charge in [0.1, 0.15) is 0 Å². The predicted octanol–water partition coefficient (Wildman–Crippen LogP) is 3.59. The highest BCUT2D eigenvalue weighted by Crippen LogP contribution is 2.36. The van der Waals surface area contributed by atoms with Gasteiger partial charge in [-0.1, -0.05) is 42.4 Å². The zero-order valence-electron chi connectivity index (χ0n) is 12.7. The molecular weight excluding hydrogens is 262 g/mol. The van der Waals surface area contributed by atoms with Gasteiger partial charge in [-0.3, -0.25) is 0 Å². The number of rotatable bonds is 3. The van der Waals surface area contributed by atoms with Crippen LogP contribution in [0.4, 0.5) is 0 Å². The van der Waals surface area contributed by atoms with Crippen LogP contribution in [0.2, 0.25) is 0 Å². The third kappa shape index (κ3) is 2.86. The van der Waals surface area contributed by atoms with Crippen LogP contribution in [0.5, 0.6) is 0 Å². The van der Waals surface area contributed by atoms with Crippen LogP contribution in [0.1, 0.15) is 62.7 Å². The predicted molar refractivity (Wildman–Crippen MR) is 81.8 cm³/mol. The second kappa shape index (κ2) is 5.60. The molecule has 1 fully saturated rings. The highest BCUT2D eigenvalue weighted by atomic mass is 16.5. The van der Waals surface area contributed by atoms with Gasteiger partial charge >= 0.3 is 0 Å². The molecule has 0 spiro atoms. The number of hydrogen-bond acceptors (Lipinski definition) is 4. The second-order valence-electron chi connectivity index (χ2n) is 6.43. The van der Waals surface area contributed by atoms with E-state index in [0.29, 0.717) is 11.7 Å². The van der Waals surface area contributed by atoms with Gasteiger partial charge in [0.15, 0.2) is 5.82 Å². The maximum Gasteiger partial charge on any atom is 0.233 e. The zero-order valence-corrected chi connectivity index (χ0v) is 12.7. The van der Waals surface area contributed by atoms with Crippen molar-refractivity contribution >= 4 is 0 Å². The molecule has 0 bridgehead atoms. The maximum absolute atomic E-state index is 6.51. The number of benzene rings is 1. The van der Waals surface area contributed by atoms with Crippen molar-refractivity contribution in [2.24, 2.45) is 11.7 Å². The lowest BCUT2D eigenvalue weighted by Crippen LogP contribution is -2.41. The Labute approximate surface area is 125 Å². The molecule has 1 aliphatic carbocycles. The number of aromatic nitrogens is 2. The van der Waals surface area contributed by atoms with Crippen LogP contribution in [0.25, 0.3) is 0 Å². The lowest BCUT2D eigenvalue weighted by atomic mass is 9.77. The summed E-state index contributed by atoms with van der Waals surface area (Å²) in [6.07, 6.45) is 4.14. The Bertz CT molecular complexity index is 585. The van der Waals surface area contributed by atoms with Gasteiger partial charge in [-0.15, -0.1) is 0 Å². The molecule has 1 aromatic heterocycles. The van der Waals surface area contributed by atoms with Crippen LogP contribution in [-0.2, 0) is 5.54 Å². The maximum atomic E-state index is 6.51.